The van der Waals surface area contributed by atoms with Crippen molar-refractivity contribution >= 4 is 43.3 Å². The zero-order valence-corrected chi connectivity index (χ0v) is 41.6. The summed E-state index contributed by atoms with van der Waals surface area (Å²) in [6.45, 7) is 47.2. The molecule has 0 spiro atoms. The second-order valence-electron chi connectivity index (χ2n) is 19.6. The maximum absolute atomic E-state index is 7.42. The van der Waals surface area contributed by atoms with Crippen molar-refractivity contribution in [2.75, 3.05) is 0 Å². The van der Waals surface area contributed by atoms with Crippen LogP contribution in [0.5, 0.6) is 0 Å². The van der Waals surface area contributed by atoms with E-state index in [0.717, 1.165) is 6.42 Å². The zero-order valence-electron chi connectivity index (χ0n) is 35.8. The maximum atomic E-state index is 7.42. The average molecular weight is 818 g/mol. The van der Waals surface area contributed by atoms with Crippen LogP contribution in [0.4, 0.5) is 0 Å². The van der Waals surface area contributed by atoms with Crippen LogP contribution in [0.25, 0.3) is 0 Å². The van der Waals surface area contributed by atoms with Gasteiger partial charge in [-0.25, -0.2) is 0 Å². The van der Waals surface area contributed by atoms with E-state index >= 15 is 0 Å². The summed E-state index contributed by atoms with van der Waals surface area (Å²) in [7, 11) is -6.15. The molecule has 3 atom stereocenters. The molecule has 0 bridgehead atoms. The SMILES string of the molecule is CCC[CH2][Sn]([CH]=CC(C)=C[C@H](O[Si](C)(C)C(C)(C)C)[C@H](C[C@@H](C)O[Si](C)(C)C(C)(C)C)O[Si](C)(C)C(C)(C)C)([CH2]CCC)[CH2]CCC. The molecule has 0 heterocycles. The zero-order chi connectivity index (χ0) is 37.1. The van der Waals surface area contributed by atoms with Gasteiger partial charge in [0.25, 0.3) is 0 Å². The van der Waals surface area contributed by atoms with Gasteiger partial charge >= 0.3 is 306 Å². The van der Waals surface area contributed by atoms with Crippen LogP contribution in [0.2, 0.25) is 67.7 Å². The second kappa shape index (κ2) is 19.6. The second-order valence-corrected chi connectivity index (χ2v) is 46.9. The van der Waals surface area contributed by atoms with Crippen LogP contribution >= 0.6 is 0 Å². The monoisotopic (exact) mass is 818 g/mol. The van der Waals surface area contributed by atoms with Crippen LogP contribution in [0, 0.1) is 0 Å². The fourth-order valence-electron chi connectivity index (χ4n) is 5.43. The van der Waals surface area contributed by atoms with Crippen molar-refractivity contribution < 1.29 is 13.3 Å². The Hall–Kier alpha value is 0.809. The average Bonchev–Trinajstić information content (AvgIpc) is 2.89. The van der Waals surface area contributed by atoms with E-state index < -0.39 is 43.3 Å². The Labute approximate surface area is 304 Å². The fourth-order valence-corrected chi connectivity index (χ4v) is 23.9. The molecule has 0 aromatic heterocycles. The van der Waals surface area contributed by atoms with E-state index in [1.54, 1.807) is 0 Å². The normalized spacial score (nSPS) is 17.0. The molecule has 3 nitrogen and oxygen atoms in total. The number of hydrogen-bond acceptors (Lipinski definition) is 3. The molecule has 0 aliphatic rings. The fraction of sp³-hybridized carbons (Fsp3) is 0.900. The van der Waals surface area contributed by atoms with E-state index in [1.807, 2.05) is 0 Å². The van der Waals surface area contributed by atoms with E-state index in [1.165, 1.54) is 57.4 Å². The summed E-state index contributed by atoms with van der Waals surface area (Å²) >= 11 is -2.42. The third-order valence-corrected chi connectivity index (χ3v) is 39.6. The van der Waals surface area contributed by atoms with E-state index in [4.69, 9.17) is 13.3 Å². The van der Waals surface area contributed by atoms with Crippen molar-refractivity contribution in [3.05, 3.63) is 21.8 Å². The molecule has 0 amide bonds. The van der Waals surface area contributed by atoms with Crippen molar-refractivity contribution in [1.29, 1.82) is 0 Å². The van der Waals surface area contributed by atoms with Crippen LogP contribution in [-0.2, 0) is 13.3 Å². The van der Waals surface area contributed by atoms with Crippen LogP contribution in [0.15, 0.2) is 21.8 Å². The molecule has 280 valence electrons. The third kappa shape index (κ3) is 16.4. The van der Waals surface area contributed by atoms with Gasteiger partial charge in [-0.05, 0) is 0 Å². The van der Waals surface area contributed by atoms with Crippen molar-refractivity contribution in [3.8, 4) is 0 Å². The van der Waals surface area contributed by atoms with Crippen molar-refractivity contribution in [2.45, 2.75) is 228 Å². The summed E-state index contributed by atoms with van der Waals surface area (Å²) in [4.78, 5) is 0. The quantitative estimate of drug-likeness (QED) is 0.0853. The van der Waals surface area contributed by atoms with Gasteiger partial charge in [0.2, 0.25) is 0 Å². The topological polar surface area (TPSA) is 27.7 Å². The van der Waals surface area contributed by atoms with Gasteiger partial charge < -0.3 is 0 Å². The molecule has 0 saturated heterocycles. The van der Waals surface area contributed by atoms with Gasteiger partial charge in [0.05, 0.1) is 0 Å². The Morgan fingerprint density at radius 2 is 0.979 bits per heavy atom. The molecule has 7 heteroatoms. The third-order valence-electron chi connectivity index (χ3n) is 11.9. The van der Waals surface area contributed by atoms with E-state index in [9.17, 15) is 0 Å². The Kier molecular flexibility index (Phi) is 19.9. The van der Waals surface area contributed by atoms with Crippen LogP contribution in [0.3, 0.4) is 0 Å². The molecule has 47 heavy (non-hydrogen) atoms. The Balaban J connectivity index is 7.12. The first-order valence-electron chi connectivity index (χ1n) is 19.5. The molecule has 0 saturated carbocycles. The molecule has 0 N–H and O–H groups in total. The Bertz CT molecular complexity index is 929. The molecule has 0 rings (SSSR count). The molecule has 0 fully saturated rings. The Morgan fingerprint density at radius 3 is 1.34 bits per heavy atom. The van der Waals surface area contributed by atoms with Gasteiger partial charge in [0.15, 0.2) is 0 Å². The first-order chi connectivity index (χ1) is 21.1. The van der Waals surface area contributed by atoms with Crippen molar-refractivity contribution in [1.82, 2.24) is 0 Å². The summed E-state index contributed by atoms with van der Waals surface area (Å²) in [6, 6.07) is 0. The van der Waals surface area contributed by atoms with Crippen molar-refractivity contribution in [2.24, 2.45) is 0 Å². The van der Waals surface area contributed by atoms with Crippen LogP contribution in [-0.4, -0.2) is 61.6 Å². The van der Waals surface area contributed by atoms with E-state index in [2.05, 4.69) is 152 Å². The molecular formula is C40H86O3Si3Sn. The minimum absolute atomic E-state index is 0.0540. The molecule has 0 aromatic rings. The summed E-state index contributed by atoms with van der Waals surface area (Å²) in [5.74, 6) is 0. The molecule has 0 unspecified atom stereocenters. The number of allylic oxidation sites excluding steroid dienone is 2. The van der Waals surface area contributed by atoms with Gasteiger partial charge in [0.1, 0.15) is 0 Å². The first-order valence-corrected chi connectivity index (χ1v) is 35.9. The molecule has 0 aromatic carbocycles. The summed E-state index contributed by atoms with van der Waals surface area (Å²) in [5.41, 5.74) is 1.35. The van der Waals surface area contributed by atoms with Gasteiger partial charge in [0, 0.05) is 0 Å². The van der Waals surface area contributed by atoms with Crippen LogP contribution in [0.1, 0.15) is 142 Å². The van der Waals surface area contributed by atoms with Crippen molar-refractivity contribution in [3.63, 3.8) is 0 Å². The molecule has 0 radical (unpaired) electrons. The summed E-state index contributed by atoms with van der Waals surface area (Å²) < 4.78 is 29.1. The van der Waals surface area contributed by atoms with Crippen LogP contribution < -0.4 is 0 Å². The molecular weight excluding hydrogens is 731 g/mol. The predicted molar refractivity (Wildman–Crippen MR) is 224 cm³/mol. The van der Waals surface area contributed by atoms with Gasteiger partial charge in [-0.3, -0.25) is 0 Å². The summed E-state index contributed by atoms with van der Waals surface area (Å²) in [5, 5.41) is 0.390. The van der Waals surface area contributed by atoms with Gasteiger partial charge in [-0.2, -0.15) is 0 Å². The number of rotatable bonds is 21. The standard InChI is InChI=1S/C28H59O3Si3.3C4H9.Sn/c1-19-22(2)20-24(30-33(15,16)27(7,8)9)25(31-34(17,18)28(10,11)12)21-23(3)29-32(13,14)26(4,5)6;3*1-3-4-2;/h1,19-20,23-25H,21H2,2-18H3;3*1,3-4H2,2H3;/t23-,24+,25+;;;;/m1..../s1. The number of unbranched alkanes of at least 4 members (excludes halogenated alkanes) is 3. The van der Waals surface area contributed by atoms with Gasteiger partial charge in [-0.15, -0.1) is 0 Å². The summed E-state index contributed by atoms with van der Waals surface area (Å²) in [6.07, 6.45) is 13.9. The van der Waals surface area contributed by atoms with E-state index in [-0.39, 0.29) is 33.4 Å². The van der Waals surface area contributed by atoms with E-state index in [0.29, 0.717) is 0 Å². The number of hydrogen-bond donors (Lipinski definition) is 0. The predicted octanol–water partition coefficient (Wildman–Crippen LogP) is 14.5. The Morgan fingerprint density at radius 1 is 0.617 bits per heavy atom. The minimum atomic E-state index is -2.42. The molecule has 0 aliphatic heterocycles. The van der Waals surface area contributed by atoms with Gasteiger partial charge in [-0.1, -0.05) is 0 Å². The first kappa shape index (κ1) is 47.8. The molecule has 0 aliphatic carbocycles.